The number of carbonyl (C=O) groups excluding carboxylic acids is 1. The average Bonchev–Trinajstić information content (AvgIpc) is 2.46. The molecule has 0 bridgehead atoms. The molecule has 1 aliphatic heterocycles. The molecule has 20 heavy (non-hydrogen) atoms. The Labute approximate surface area is 120 Å². The van der Waals surface area contributed by atoms with Gasteiger partial charge in [0.05, 0.1) is 11.3 Å². The summed E-state index contributed by atoms with van der Waals surface area (Å²) >= 11 is 0. The van der Waals surface area contributed by atoms with Crippen LogP contribution in [0.25, 0.3) is 0 Å². The van der Waals surface area contributed by atoms with Crippen LogP contribution in [0.15, 0.2) is 12.3 Å². The van der Waals surface area contributed by atoms with E-state index in [0.717, 1.165) is 43.9 Å². The molecule has 2 N–H and O–H groups in total. The van der Waals surface area contributed by atoms with E-state index in [0.29, 0.717) is 11.5 Å². The lowest BCUT2D eigenvalue weighted by atomic mass is 9.97. The van der Waals surface area contributed by atoms with Crippen LogP contribution in [0.2, 0.25) is 0 Å². The average molecular weight is 276 g/mol. The Morgan fingerprint density at radius 3 is 2.80 bits per heavy atom. The first kappa shape index (κ1) is 14.8. The molecule has 0 aliphatic carbocycles. The van der Waals surface area contributed by atoms with Crippen LogP contribution in [0.4, 0.5) is 5.69 Å². The number of pyridine rings is 1. The topological polar surface area (TPSA) is 57.3 Å². The second kappa shape index (κ2) is 6.70. The van der Waals surface area contributed by atoms with Gasteiger partial charge in [0, 0.05) is 25.5 Å². The summed E-state index contributed by atoms with van der Waals surface area (Å²) in [6.07, 6.45) is 3.95. The summed E-state index contributed by atoms with van der Waals surface area (Å²) in [5.41, 5.74) is 2.35. The Bertz CT molecular complexity index is 467. The third-order valence-electron chi connectivity index (χ3n) is 3.94. The van der Waals surface area contributed by atoms with Crippen LogP contribution in [0.5, 0.6) is 0 Å². The molecule has 0 radical (unpaired) electrons. The van der Waals surface area contributed by atoms with Gasteiger partial charge in [0.2, 0.25) is 0 Å². The van der Waals surface area contributed by atoms with Gasteiger partial charge < -0.3 is 15.5 Å². The third-order valence-corrected chi connectivity index (χ3v) is 3.94. The predicted molar refractivity (Wildman–Crippen MR) is 81.1 cm³/mol. The molecule has 1 aliphatic rings. The molecule has 2 rings (SSSR count). The van der Waals surface area contributed by atoms with Gasteiger partial charge in [-0.1, -0.05) is 0 Å². The van der Waals surface area contributed by atoms with Crippen LogP contribution in [0.3, 0.4) is 0 Å². The minimum Gasteiger partial charge on any atom is -0.387 e. The second-order valence-corrected chi connectivity index (χ2v) is 5.58. The molecule has 5 nitrogen and oxygen atoms in total. The van der Waals surface area contributed by atoms with Crippen LogP contribution >= 0.6 is 0 Å². The van der Waals surface area contributed by atoms with Crippen molar-refractivity contribution < 1.29 is 4.79 Å². The largest absolute Gasteiger partial charge is 0.387 e. The van der Waals surface area contributed by atoms with Gasteiger partial charge in [-0.3, -0.25) is 9.78 Å². The van der Waals surface area contributed by atoms with Gasteiger partial charge in [-0.2, -0.15) is 0 Å². The van der Waals surface area contributed by atoms with Crippen molar-refractivity contribution in [1.29, 1.82) is 0 Å². The van der Waals surface area contributed by atoms with Crippen molar-refractivity contribution in [2.75, 3.05) is 39.0 Å². The van der Waals surface area contributed by atoms with Crippen LogP contribution < -0.4 is 10.6 Å². The summed E-state index contributed by atoms with van der Waals surface area (Å²) in [5, 5.41) is 6.09. The highest BCUT2D eigenvalue weighted by Gasteiger charge is 2.18. The minimum atomic E-state index is -0.0409. The van der Waals surface area contributed by atoms with Crippen molar-refractivity contribution in [3.05, 3.63) is 23.5 Å². The van der Waals surface area contributed by atoms with E-state index in [2.05, 4.69) is 27.6 Å². The standard InChI is InChI=1S/C15H24N4O/c1-11-8-14(16-2)13(10-17-11)15(20)18-9-12-4-6-19(3)7-5-12/h8,10,12H,4-7,9H2,1-3H3,(H,16,17)(H,18,20). The molecule has 1 aromatic rings. The number of nitrogens with one attached hydrogen (secondary N) is 2. The summed E-state index contributed by atoms with van der Waals surface area (Å²) in [7, 11) is 3.97. The molecular weight excluding hydrogens is 252 g/mol. The molecule has 110 valence electrons. The van der Waals surface area contributed by atoms with Crippen LogP contribution in [-0.2, 0) is 0 Å². The molecule has 1 saturated heterocycles. The predicted octanol–water partition coefficient (Wildman–Crippen LogP) is 1.50. The highest BCUT2D eigenvalue weighted by atomic mass is 16.1. The fourth-order valence-corrected chi connectivity index (χ4v) is 2.55. The number of aryl methyl sites for hydroxylation is 1. The number of amides is 1. The van der Waals surface area contributed by atoms with E-state index in [1.807, 2.05) is 20.0 Å². The Hall–Kier alpha value is -1.62. The normalized spacial score (nSPS) is 16.9. The second-order valence-electron chi connectivity index (χ2n) is 5.58. The molecule has 1 aromatic heterocycles. The van der Waals surface area contributed by atoms with E-state index in [-0.39, 0.29) is 5.91 Å². The molecule has 0 spiro atoms. The maximum atomic E-state index is 12.2. The van der Waals surface area contributed by atoms with E-state index in [1.54, 1.807) is 6.20 Å². The van der Waals surface area contributed by atoms with Crippen molar-refractivity contribution in [2.24, 2.45) is 5.92 Å². The summed E-state index contributed by atoms with van der Waals surface area (Å²) in [6.45, 7) is 4.91. The van der Waals surface area contributed by atoms with Gasteiger partial charge in [-0.15, -0.1) is 0 Å². The molecule has 1 fully saturated rings. The first-order valence-electron chi connectivity index (χ1n) is 7.21. The number of rotatable bonds is 4. The van der Waals surface area contributed by atoms with Crippen LogP contribution in [0, 0.1) is 12.8 Å². The van der Waals surface area contributed by atoms with Gasteiger partial charge in [0.15, 0.2) is 0 Å². The van der Waals surface area contributed by atoms with Gasteiger partial charge in [0.1, 0.15) is 0 Å². The first-order chi connectivity index (χ1) is 9.60. The molecule has 5 heteroatoms. The number of nitrogens with zero attached hydrogens (tertiary/aromatic N) is 2. The Kier molecular flexibility index (Phi) is 4.95. The zero-order valence-corrected chi connectivity index (χ0v) is 12.6. The van der Waals surface area contributed by atoms with E-state index < -0.39 is 0 Å². The van der Waals surface area contributed by atoms with Crippen LogP contribution in [-0.4, -0.2) is 49.5 Å². The first-order valence-corrected chi connectivity index (χ1v) is 7.21. The van der Waals surface area contributed by atoms with Crippen molar-refractivity contribution in [2.45, 2.75) is 19.8 Å². The Morgan fingerprint density at radius 1 is 1.45 bits per heavy atom. The van der Waals surface area contributed by atoms with Crippen molar-refractivity contribution >= 4 is 11.6 Å². The highest BCUT2D eigenvalue weighted by molar-refractivity contribution is 5.99. The molecule has 2 heterocycles. The smallest absolute Gasteiger partial charge is 0.254 e. The van der Waals surface area contributed by atoms with Gasteiger partial charge in [-0.25, -0.2) is 0 Å². The maximum Gasteiger partial charge on any atom is 0.254 e. The lowest BCUT2D eigenvalue weighted by Gasteiger charge is -2.29. The SMILES string of the molecule is CNc1cc(C)ncc1C(=O)NCC1CCN(C)CC1. The zero-order chi connectivity index (χ0) is 14.5. The quantitative estimate of drug-likeness (QED) is 0.875. The molecular formula is C15H24N4O. The lowest BCUT2D eigenvalue weighted by Crippen LogP contribution is -2.37. The van der Waals surface area contributed by atoms with Crippen molar-refractivity contribution in [3.63, 3.8) is 0 Å². The number of hydrogen-bond acceptors (Lipinski definition) is 4. The zero-order valence-electron chi connectivity index (χ0n) is 12.6. The monoisotopic (exact) mass is 276 g/mol. The van der Waals surface area contributed by atoms with Crippen molar-refractivity contribution in [1.82, 2.24) is 15.2 Å². The molecule has 1 amide bonds. The number of hydrogen-bond donors (Lipinski definition) is 2. The van der Waals surface area contributed by atoms with Gasteiger partial charge in [-0.05, 0) is 51.9 Å². The lowest BCUT2D eigenvalue weighted by molar-refractivity contribution is 0.0939. The summed E-state index contributed by atoms with van der Waals surface area (Å²) in [6, 6.07) is 1.89. The van der Waals surface area contributed by atoms with E-state index >= 15 is 0 Å². The number of carbonyl (C=O) groups is 1. The number of anilines is 1. The van der Waals surface area contributed by atoms with Crippen LogP contribution in [0.1, 0.15) is 28.9 Å². The summed E-state index contributed by atoms with van der Waals surface area (Å²) < 4.78 is 0. The summed E-state index contributed by atoms with van der Waals surface area (Å²) in [4.78, 5) is 18.8. The molecule has 0 unspecified atom stereocenters. The van der Waals surface area contributed by atoms with E-state index in [4.69, 9.17) is 0 Å². The minimum absolute atomic E-state index is 0.0409. The highest BCUT2D eigenvalue weighted by Crippen LogP contribution is 2.17. The maximum absolute atomic E-state index is 12.2. The number of aromatic nitrogens is 1. The van der Waals surface area contributed by atoms with Crippen molar-refractivity contribution in [3.8, 4) is 0 Å². The summed E-state index contributed by atoms with van der Waals surface area (Å²) in [5.74, 6) is 0.548. The van der Waals surface area contributed by atoms with E-state index in [9.17, 15) is 4.79 Å². The van der Waals surface area contributed by atoms with Gasteiger partial charge in [0.25, 0.3) is 5.91 Å². The molecule has 0 saturated carbocycles. The third kappa shape index (κ3) is 3.70. The Morgan fingerprint density at radius 2 is 2.15 bits per heavy atom. The molecule has 0 atom stereocenters. The van der Waals surface area contributed by atoms with E-state index in [1.165, 1.54) is 0 Å². The van der Waals surface area contributed by atoms with Gasteiger partial charge >= 0.3 is 0 Å². The Balaban J connectivity index is 1.92. The fourth-order valence-electron chi connectivity index (χ4n) is 2.55. The number of likely N-dealkylation sites (tertiary alicyclic amines) is 1. The number of piperidine rings is 1. The fraction of sp³-hybridized carbons (Fsp3) is 0.600. The molecule has 0 aromatic carbocycles.